The van der Waals surface area contributed by atoms with E-state index in [9.17, 15) is 5.26 Å². The summed E-state index contributed by atoms with van der Waals surface area (Å²) < 4.78 is 5.55. The van der Waals surface area contributed by atoms with E-state index in [-0.39, 0.29) is 15.6 Å². The van der Waals surface area contributed by atoms with E-state index in [0.29, 0.717) is 18.5 Å². The highest BCUT2D eigenvalue weighted by molar-refractivity contribution is 8.26. The van der Waals surface area contributed by atoms with Gasteiger partial charge in [-0.2, -0.15) is 5.26 Å². The number of nitrogens with zero attached hydrogens (tertiary/aromatic N) is 3. The van der Waals surface area contributed by atoms with Gasteiger partial charge in [0.05, 0.1) is 23.0 Å². The molecule has 9 heteroatoms. The molecule has 31 heavy (non-hydrogen) atoms. The minimum atomic E-state index is -0.673. The molecular formula is C22H25N7S2. The van der Waals surface area contributed by atoms with Gasteiger partial charge in [0.2, 0.25) is 0 Å². The van der Waals surface area contributed by atoms with E-state index in [2.05, 4.69) is 40.2 Å². The van der Waals surface area contributed by atoms with Crippen LogP contribution in [0.25, 0.3) is 11.2 Å². The molecule has 160 valence electrons. The third-order valence-corrected chi connectivity index (χ3v) is 8.30. The molecule has 0 saturated heterocycles. The average Bonchev–Trinajstić information content (AvgIpc) is 3.69. The molecule has 4 N–H and O–H groups in total. The predicted octanol–water partition coefficient (Wildman–Crippen LogP) is 4.20. The Kier molecular flexibility index (Phi) is 5.21. The number of nitrogens with one attached hydrogen (secondary N) is 4. The number of rotatable bonds is 6. The molecular weight excluding hydrogens is 426 g/mol. The van der Waals surface area contributed by atoms with Gasteiger partial charge in [0, 0.05) is 28.7 Å². The van der Waals surface area contributed by atoms with Crippen LogP contribution in [0.3, 0.4) is 0 Å². The first-order chi connectivity index (χ1) is 14.9. The SMILES string of the molecule is CC1(NSc2cc(C3=CCNCC3)c3ncc(C(=N)SC(=N)C4(C#N)CC4)n3c2)CC1. The van der Waals surface area contributed by atoms with Crippen molar-refractivity contribution in [1.82, 2.24) is 19.4 Å². The molecule has 0 unspecified atom stereocenters. The van der Waals surface area contributed by atoms with Crippen LogP contribution in [0.4, 0.5) is 0 Å². The zero-order valence-electron chi connectivity index (χ0n) is 17.4. The average molecular weight is 452 g/mol. The summed E-state index contributed by atoms with van der Waals surface area (Å²) in [5.74, 6) is 0. The van der Waals surface area contributed by atoms with Gasteiger partial charge in [-0.3, -0.25) is 19.9 Å². The van der Waals surface area contributed by atoms with Crippen molar-refractivity contribution in [2.45, 2.75) is 49.5 Å². The number of pyridine rings is 1. The molecule has 0 atom stereocenters. The Hall–Kier alpha value is -2.12. The minimum Gasteiger partial charge on any atom is -0.313 e. The van der Waals surface area contributed by atoms with E-state index >= 15 is 0 Å². The fraction of sp³-hybridized carbons (Fsp3) is 0.455. The summed E-state index contributed by atoms with van der Waals surface area (Å²) >= 11 is 2.71. The summed E-state index contributed by atoms with van der Waals surface area (Å²) in [7, 11) is 0. The third-order valence-electron chi connectivity index (χ3n) is 6.24. The van der Waals surface area contributed by atoms with E-state index in [1.54, 1.807) is 18.1 Å². The zero-order valence-corrected chi connectivity index (χ0v) is 19.1. The maximum atomic E-state index is 9.38. The van der Waals surface area contributed by atoms with Crippen LogP contribution in [0.1, 0.15) is 50.3 Å². The lowest BCUT2D eigenvalue weighted by Gasteiger charge is -2.17. The maximum Gasteiger partial charge on any atom is 0.144 e. The molecule has 2 aromatic rings. The first kappa shape index (κ1) is 20.8. The quantitative estimate of drug-likeness (QED) is 0.297. The smallest absolute Gasteiger partial charge is 0.144 e. The van der Waals surface area contributed by atoms with Crippen molar-refractivity contribution in [3.63, 3.8) is 0 Å². The first-order valence-corrected chi connectivity index (χ1v) is 12.2. The van der Waals surface area contributed by atoms with Crippen molar-refractivity contribution in [1.29, 1.82) is 16.1 Å². The Morgan fingerprint density at radius 3 is 2.77 bits per heavy atom. The van der Waals surface area contributed by atoms with Crippen LogP contribution in [-0.4, -0.2) is 38.1 Å². The Morgan fingerprint density at radius 1 is 1.32 bits per heavy atom. The van der Waals surface area contributed by atoms with Crippen molar-refractivity contribution < 1.29 is 0 Å². The number of hydrogen-bond acceptors (Lipinski definition) is 8. The van der Waals surface area contributed by atoms with Crippen molar-refractivity contribution in [3.05, 3.63) is 35.8 Å². The number of thioether (sulfide) groups is 1. The van der Waals surface area contributed by atoms with E-state index in [1.165, 1.54) is 18.4 Å². The van der Waals surface area contributed by atoms with Crippen molar-refractivity contribution in [2.24, 2.45) is 5.41 Å². The van der Waals surface area contributed by atoms with Crippen LogP contribution in [0.2, 0.25) is 0 Å². The van der Waals surface area contributed by atoms with Gasteiger partial charge in [0.15, 0.2) is 0 Å². The van der Waals surface area contributed by atoms with Gasteiger partial charge in [-0.05, 0) is 69.2 Å². The second-order valence-electron chi connectivity index (χ2n) is 8.83. The van der Waals surface area contributed by atoms with Gasteiger partial charge in [0.25, 0.3) is 0 Å². The summed E-state index contributed by atoms with van der Waals surface area (Å²) in [4.78, 5) is 5.75. The normalized spacial score (nSPS) is 20.7. The standard InChI is InChI=1S/C22H25N7S2/c1-21(4-5-21)28-31-15-10-16(14-2-8-26-9-3-14)19-27-11-17(29(19)12-15)18(24)30-20(25)22(13-23)6-7-22/h2,10-12,24-26,28H,3-9H2,1H3. The number of nitriles is 1. The molecule has 0 bridgehead atoms. The first-order valence-electron chi connectivity index (χ1n) is 10.6. The molecule has 3 aliphatic rings. The fourth-order valence-electron chi connectivity index (χ4n) is 3.63. The fourth-order valence-corrected chi connectivity index (χ4v) is 5.44. The molecule has 7 nitrogen and oxygen atoms in total. The Morgan fingerprint density at radius 2 is 2.13 bits per heavy atom. The van der Waals surface area contributed by atoms with E-state index in [4.69, 9.17) is 10.8 Å². The summed E-state index contributed by atoms with van der Waals surface area (Å²) in [6.45, 7) is 4.03. The van der Waals surface area contributed by atoms with Gasteiger partial charge >= 0.3 is 0 Å². The van der Waals surface area contributed by atoms with Crippen LogP contribution in [-0.2, 0) is 0 Å². The molecule has 1 aliphatic heterocycles. The minimum absolute atomic E-state index is 0.207. The highest BCUT2D eigenvalue weighted by atomic mass is 32.2. The highest BCUT2D eigenvalue weighted by Gasteiger charge is 2.48. The summed E-state index contributed by atoms with van der Waals surface area (Å²) in [6, 6.07) is 4.44. The second-order valence-corrected chi connectivity index (χ2v) is 10.7. The van der Waals surface area contributed by atoms with Gasteiger partial charge in [-0.15, -0.1) is 0 Å². The largest absolute Gasteiger partial charge is 0.313 e. The lowest BCUT2D eigenvalue weighted by molar-refractivity contribution is 0.701. The van der Waals surface area contributed by atoms with Crippen molar-refractivity contribution in [3.8, 4) is 6.07 Å². The van der Waals surface area contributed by atoms with Gasteiger partial charge < -0.3 is 5.32 Å². The Labute approximate surface area is 190 Å². The van der Waals surface area contributed by atoms with Crippen LogP contribution in [0.5, 0.6) is 0 Å². The molecule has 2 fully saturated rings. The molecule has 2 aromatic heterocycles. The summed E-state index contributed by atoms with van der Waals surface area (Å²) in [5.41, 5.74) is 3.41. The number of hydrogen-bond donors (Lipinski definition) is 4. The monoisotopic (exact) mass is 451 g/mol. The number of imidazole rings is 1. The zero-order chi connectivity index (χ0) is 21.6. The summed E-state index contributed by atoms with van der Waals surface area (Å²) in [5, 5.41) is 30.2. The van der Waals surface area contributed by atoms with Gasteiger partial charge in [-0.25, -0.2) is 4.98 Å². The summed E-state index contributed by atoms with van der Waals surface area (Å²) in [6.07, 6.45) is 10.7. The van der Waals surface area contributed by atoms with E-state index < -0.39 is 5.41 Å². The Bertz CT molecular complexity index is 1150. The Balaban J connectivity index is 1.50. The van der Waals surface area contributed by atoms with Gasteiger partial charge in [-0.1, -0.05) is 17.8 Å². The van der Waals surface area contributed by atoms with Crippen LogP contribution in [0, 0.1) is 27.6 Å². The maximum absolute atomic E-state index is 9.38. The van der Waals surface area contributed by atoms with Gasteiger partial charge in [0.1, 0.15) is 16.1 Å². The molecule has 0 spiro atoms. The molecule has 2 aliphatic carbocycles. The van der Waals surface area contributed by atoms with E-state index in [1.807, 2.05) is 10.6 Å². The van der Waals surface area contributed by atoms with E-state index in [0.717, 1.165) is 47.4 Å². The predicted molar refractivity (Wildman–Crippen MR) is 127 cm³/mol. The topological polar surface area (TPSA) is 113 Å². The molecule has 0 aromatic carbocycles. The lowest BCUT2D eigenvalue weighted by atomic mass is 10.0. The molecule has 3 heterocycles. The van der Waals surface area contributed by atoms with Crippen LogP contribution in [0.15, 0.2) is 29.4 Å². The molecule has 5 rings (SSSR count). The number of aromatic nitrogens is 2. The molecule has 0 radical (unpaired) electrons. The molecule has 0 amide bonds. The molecule has 2 saturated carbocycles. The number of fused-ring (bicyclic) bond motifs is 1. The van der Waals surface area contributed by atoms with Crippen LogP contribution >= 0.6 is 23.7 Å². The lowest BCUT2D eigenvalue weighted by Crippen LogP contribution is -2.21. The van der Waals surface area contributed by atoms with Crippen LogP contribution < -0.4 is 10.0 Å². The third kappa shape index (κ3) is 4.05. The van der Waals surface area contributed by atoms with Crippen molar-refractivity contribution in [2.75, 3.05) is 13.1 Å². The van der Waals surface area contributed by atoms with Crippen molar-refractivity contribution >= 4 is 45.0 Å². The highest BCUT2D eigenvalue weighted by Crippen LogP contribution is 2.49. The second kappa shape index (κ2) is 7.78.